The van der Waals surface area contributed by atoms with E-state index < -0.39 is 64.4 Å². The van der Waals surface area contributed by atoms with Crippen LogP contribution in [-0.2, 0) is 71.7 Å². The second-order valence-corrected chi connectivity index (χ2v) is 29.6. The molecule has 0 aliphatic heterocycles. The lowest BCUT2D eigenvalue weighted by molar-refractivity contribution is -0.577. The summed E-state index contributed by atoms with van der Waals surface area (Å²) >= 11 is 0. The molecule has 24 nitrogen and oxygen atoms in total. The minimum atomic E-state index is -5.16. The molecule has 32 heteroatoms. The van der Waals surface area contributed by atoms with E-state index in [0.717, 1.165) is 26.3 Å². The fourth-order valence-corrected chi connectivity index (χ4v) is 16.7. The average Bonchev–Trinajstić information content (AvgIpc) is 1.08. The van der Waals surface area contributed by atoms with Gasteiger partial charge >= 0.3 is 12.4 Å². The zero-order valence-corrected chi connectivity index (χ0v) is 63.3. The number of ether oxygens (including phenoxy) is 6. The van der Waals surface area contributed by atoms with Crippen molar-refractivity contribution in [1.29, 1.82) is 0 Å². The fraction of sp³-hybridized carbons (Fsp3) is 0.171. The van der Waals surface area contributed by atoms with Gasteiger partial charge in [0.2, 0.25) is 36.9 Å². The van der Waals surface area contributed by atoms with Crippen molar-refractivity contribution in [1.82, 2.24) is 49.0 Å². The Morgan fingerprint density at radius 3 is 1.09 bits per heavy atom. The molecule has 584 valence electrons. The maximum atomic E-state index is 15.4. The van der Waals surface area contributed by atoms with Crippen molar-refractivity contribution in [3.8, 4) is 79.5 Å². The highest BCUT2D eigenvalue weighted by Crippen LogP contribution is 2.49. The SMILES string of the molecule is COc1ccc(CN(Cc2ccc(OC)cc2)S(=O)(=O)c2c(C(F)(F)F)ccc(-c3cccc4c3ccc[n+]4[O-])c2-c2nnn(Cc3ccc(OC)cc3)n2)cc1.COc1ccc(CN(Cc2ccc(OC)cc2)S(=O)(=O)c2c(C(F)(F)F)ccc(-c3cccc4c3ccc[n+]4[O-])c2-c2nnnn2Cc2ccc(OC)cc2)cc1. The van der Waals surface area contributed by atoms with Crippen molar-refractivity contribution >= 4 is 41.9 Å². The highest BCUT2D eigenvalue weighted by molar-refractivity contribution is 7.89. The Morgan fingerprint density at radius 1 is 0.386 bits per heavy atom. The minimum Gasteiger partial charge on any atom is -0.618 e. The summed E-state index contributed by atoms with van der Waals surface area (Å²) in [5, 5.41) is 51.5. The molecule has 14 rings (SSSR count). The van der Waals surface area contributed by atoms with E-state index in [1.165, 1.54) is 88.8 Å². The van der Waals surface area contributed by atoms with E-state index in [-0.39, 0.29) is 84.2 Å². The number of hydrogen-bond acceptors (Lipinski definition) is 18. The number of hydrogen-bond donors (Lipinski definition) is 0. The van der Waals surface area contributed by atoms with Crippen LogP contribution in [0.25, 0.3) is 66.8 Å². The lowest BCUT2D eigenvalue weighted by Crippen LogP contribution is -2.32. The maximum Gasteiger partial charge on any atom is 0.417 e. The van der Waals surface area contributed by atoms with E-state index in [1.54, 1.807) is 194 Å². The second kappa shape index (κ2) is 33.5. The summed E-state index contributed by atoms with van der Waals surface area (Å²) in [4.78, 5) is -0.955. The van der Waals surface area contributed by atoms with Crippen molar-refractivity contribution < 1.29 is 81.1 Å². The second-order valence-electron chi connectivity index (χ2n) is 25.8. The van der Waals surface area contributed by atoms with Crippen molar-refractivity contribution in [2.75, 3.05) is 42.7 Å². The van der Waals surface area contributed by atoms with Gasteiger partial charge < -0.3 is 38.8 Å². The molecule has 114 heavy (non-hydrogen) atoms. The summed E-state index contributed by atoms with van der Waals surface area (Å²) in [6.07, 6.45) is -7.73. The molecule has 4 aromatic heterocycles. The van der Waals surface area contributed by atoms with Crippen LogP contribution < -0.4 is 37.9 Å². The van der Waals surface area contributed by atoms with Gasteiger partial charge in [0.25, 0.3) is 0 Å². The lowest BCUT2D eigenvalue weighted by atomic mass is 9.93. The number of nitrogens with zero attached hydrogens (tertiary/aromatic N) is 12. The van der Waals surface area contributed by atoms with Gasteiger partial charge in [-0.05, 0) is 168 Å². The first-order valence-corrected chi connectivity index (χ1v) is 37.7. The molecule has 0 bridgehead atoms. The van der Waals surface area contributed by atoms with Crippen LogP contribution in [0.1, 0.15) is 44.5 Å². The smallest absolute Gasteiger partial charge is 0.417 e. The Hall–Kier alpha value is -13.0. The molecule has 0 saturated heterocycles. The van der Waals surface area contributed by atoms with Crippen LogP contribution >= 0.6 is 0 Å². The van der Waals surface area contributed by atoms with Gasteiger partial charge in [-0.15, -0.1) is 15.3 Å². The predicted octanol–water partition coefficient (Wildman–Crippen LogP) is 14.6. The molecular weight excluding hydrogens is 1520 g/mol. The van der Waals surface area contributed by atoms with Gasteiger partial charge in [-0.2, -0.15) is 49.2 Å². The number of fused-ring (bicyclic) bond motifs is 2. The number of tetrazole rings is 2. The quantitative estimate of drug-likeness (QED) is 0.0277. The maximum absolute atomic E-state index is 15.4. The summed E-state index contributed by atoms with van der Waals surface area (Å²) in [6, 6.07) is 59.6. The van der Waals surface area contributed by atoms with Gasteiger partial charge in [0.05, 0.1) is 83.2 Å². The highest BCUT2D eigenvalue weighted by Gasteiger charge is 2.46. The zero-order valence-electron chi connectivity index (χ0n) is 61.7. The largest absolute Gasteiger partial charge is 0.618 e. The van der Waals surface area contributed by atoms with Gasteiger partial charge in [-0.25, -0.2) is 21.5 Å². The number of pyridine rings is 2. The standard InChI is InChI=1S/2C41H35F3N6O6S/c1-54-30-15-9-27(10-16-30)24-48(25-28-11-17-31(55-2)18-12-28)57(52,53)39-36(41(42,43)44)22-21-35(33-6-4-8-37-34(33)7-5-23-50(37)51)38(39)40-45-46-47-49(40)26-29-13-19-32(56-3)20-14-29;1-54-30-15-9-27(10-16-30)24-48(25-28-11-17-31(55-2)18-12-28)57(52,53)39-36(41(42,43)44)22-21-35(33-6-4-8-37-34(33)7-5-23-49(37)51)38(39)40-45-47-50(46-40)26-29-13-19-32(56-3)20-14-29/h2*4-23H,24-26H2,1-3H3. The van der Waals surface area contributed by atoms with Crippen molar-refractivity contribution in [2.45, 2.75) is 61.4 Å². The minimum absolute atomic E-state index is 0.0382. The van der Waals surface area contributed by atoms with Gasteiger partial charge in [-0.3, -0.25) is 0 Å². The number of halogens is 6. The molecule has 0 aliphatic rings. The van der Waals surface area contributed by atoms with Crippen LogP contribution in [0, 0.1) is 10.4 Å². The third kappa shape index (κ3) is 17.1. The Morgan fingerprint density at radius 2 is 0.728 bits per heavy atom. The Kier molecular flexibility index (Phi) is 23.2. The van der Waals surface area contributed by atoms with Crippen LogP contribution in [0.5, 0.6) is 34.5 Å². The molecule has 0 atom stereocenters. The molecule has 4 heterocycles. The highest BCUT2D eigenvalue weighted by atomic mass is 32.2. The normalized spacial score (nSPS) is 11.9. The van der Waals surface area contributed by atoms with E-state index in [2.05, 4.69) is 30.9 Å². The number of rotatable bonds is 26. The zero-order chi connectivity index (χ0) is 80.6. The van der Waals surface area contributed by atoms with Crippen LogP contribution in [-0.4, -0.2) is 109 Å². The molecule has 0 spiro atoms. The lowest BCUT2D eigenvalue weighted by Gasteiger charge is -2.27. The third-order valence-electron chi connectivity index (χ3n) is 18.8. The molecule has 0 unspecified atom stereocenters. The Balaban J connectivity index is 0.000000199. The molecule has 0 saturated carbocycles. The molecule has 0 aliphatic carbocycles. The van der Waals surface area contributed by atoms with E-state index >= 15 is 43.2 Å². The number of benzene rings is 10. The van der Waals surface area contributed by atoms with Gasteiger partial charge in [0, 0.05) is 56.0 Å². The summed E-state index contributed by atoms with van der Waals surface area (Å²) in [5.74, 6) is 2.60. The van der Waals surface area contributed by atoms with Gasteiger partial charge in [-0.1, -0.05) is 109 Å². The van der Waals surface area contributed by atoms with Crippen molar-refractivity contribution in [3.05, 3.63) is 298 Å². The number of aromatic nitrogens is 10. The monoisotopic (exact) mass is 1590 g/mol. The predicted molar refractivity (Wildman–Crippen MR) is 409 cm³/mol. The average molecular weight is 1590 g/mol. The topological polar surface area (TPSA) is 271 Å². The van der Waals surface area contributed by atoms with Crippen molar-refractivity contribution in [2.24, 2.45) is 0 Å². The van der Waals surface area contributed by atoms with Crippen LogP contribution in [0.2, 0.25) is 0 Å². The molecule has 0 radical (unpaired) electrons. The van der Waals surface area contributed by atoms with E-state index in [4.69, 9.17) is 28.4 Å². The molecule has 0 N–H and O–H groups in total. The first kappa shape index (κ1) is 79.1. The number of methoxy groups -OCH3 is 6. The van der Waals surface area contributed by atoms with Gasteiger partial charge in [0.15, 0.2) is 18.2 Å². The number of sulfonamides is 2. The summed E-state index contributed by atoms with van der Waals surface area (Å²) in [5.41, 5.74) is 0.700. The summed E-state index contributed by atoms with van der Waals surface area (Å²) < 4.78 is 190. The Labute approximate surface area is 650 Å². The first-order chi connectivity index (χ1) is 54.8. The Bertz CT molecular complexity index is 5910. The van der Waals surface area contributed by atoms with E-state index in [9.17, 15) is 10.4 Å². The van der Waals surface area contributed by atoms with Crippen LogP contribution in [0.4, 0.5) is 26.3 Å². The van der Waals surface area contributed by atoms with Gasteiger partial charge in [0.1, 0.15) is 44.3 Å². The summed E-state index contributed by atoms with van der Waals surface area (Å²) in [6.45, 7) is -1.26. The molecular formula is C82H70F6N12O12S2. The molecule has 10 aromatic carbocycles. The van der Waals surface area contributed by atoms with Crippen LogP contribution in [0.15, 0.2) is 253 Å². The van der Waals surface area contributed by atoms with E-state index in [0.29, 0.717) is 82.5 Å². The number of alkyl halides is 6. The molecule has 0 amide bonds. The third-order valence-corrected chi connectivity index (χ3v) is 22.5. The first-order valence-electron chi connectivity index (χ1n) is 34.8. The fourth-order valence-electron chi connectivity index (χ4n) is 13.1. The summed E-state index contributed by atoms with van der Waals surface area (Å²) in [7, 11) is -1.28. The van der Waals surface area contributed by atoms with Crippen LogP contribution in [0.3, 0.4) is 0 Å². The molecule has 14 aromatic rings. The molecule has 0 fully saturated rings. The van der Waals surface area contributed by atoms with Crippen molar-refractivity contribution in [3.63, 3.8) is 0 Å². The van der Waals surface area contributed by atoms with E-state index in [1.807, 2.05) is 0 Å².